The first-order valence-corrected chi connectivity index (χ1v) is 9.75. The van der Waals surface area contributed by atoms with Crippen LogP contribution in [-0.4, -0.2) is 31.1 Å². The van der Waals surface area contributed by atoms with Crippen LogP contribution in [0.3, 0.4) is 0 Å². The zero-order valence-electron chi connectivity index (χ0n) is 12.5. The maximum Gasteiger partial charge on any atom is 0.295 e. The van der Waals surface area contributed by atoms with Gasteiger partial charge in [-0.05, 0) is 35.5 Å². The number of isothiocyanates is 1. The van der Waals surface area contributed by atoms with Crippen LogP contribution in [0.2, 0.25) is 0 Å². The fraction of sp³-hybridized carbons (Fsp3) is 0. The molecule has 3 N–H and O–H groups in total. The highest BCUT2D eigenvalue weighted by molar-refractivity contribution is 7.86. The fourth-order valence-corrected chi connectivity index (χ4v) is 3.25. The molecule has 7 nitrogen and oxygen atoms in total. The van der Waals surface area contributed by atoms with Crippen molar-refractivity contribution < 1.29 is 25.9 Å². The minimum atomic E-state index is -4.40. The van der Waals surface area contributed by atoms with E-state index in [2.05, 4.69) is 12.2 Å². The van der Waals surface area contributed by atoms with Crippen LogP contribution >= 0.6 is 12.2 Å². The molecule has 10 heteroatoms. The van der Waals surface area contributed by atoms with Crippen molar-refractivity contribution in [3.05, 3.63) is 59.7 Å². The van der Waals surface area contributed by atoms with Gasteiger partial charge in [-0.1, -0.05) is 48.6 Å². The summed E-state index contributed by atoms with van der Waals surface area (Å²) in [5, 5.41) is 7.36. The van der Waals surface area contributed by atoms with Crippen LogP contribution in [0.1, 0.15) is 11.1 Å². The summed E-state index contributed by atoms with van der Waals surface area (Å²) in [5.41, 5.74) is 0.380. The molecule has 25 heavy (non-hydrogen) atoms. The molecule has 0 aliphatic carbocycles. The Morgan fingerprint density at radius 1 is 0.800 bits per heavy atom. The predicted molar refractivity (Wildman–Crippen MR) is 96.8 cm³/mol. The minimum Gasteiger partial charge on any atom is -0.282 e. The molecule has 0 aliphatic rings. The Morgan fingerprint density at radius 2 is 1.08 bits per heavy atom. The summed E-state index contributed by atoms with van der Waals surface area (Å²) in [6.07, 6.45) is 2.68. The van der Waals surface area contributed by atoms with Crippen molar-refractivity contribution in [2.45, 2.75) is 9.79 Å². The van der Waals surface area contributed by atoms with Crippen LogP contribution < -0.4 is 0 Å². The normalized spacial score (nSPS) is 11.4. The summed E-state index contributed by atoms with van der Waals surface area (Å²) in [5.74, 6) is 0. The van der Waals surface area contributed by atoms with Gasteiger partial charge in [0.2, 0.25) is 0 Å². The van der Waals surface area contributed by atoms with Gasteiger partial charge in [0, 0.05) is 0 Å². The van der Waals surface area contributed by atoms with Gasteiger partial charge >= 0.3 is 0 Å². The van der Waals surface area contributed by atoms with Gasteiger partial charge in [0.1, 0.15) is 9.79 Å². The summed E-state index contributed by atoms with van der Waals surface area (Å²) in [7, 11) is -8.79. The van der Waals surface area contributed by atoms with Crippen LogP contribution in [0.4, 0.5) is 0 Å². The molecule has 0 saturated carbocycles. The van der Waals surface area contributed by atoms with Crippen molar-refractivity contribution in [3.8, 4) is 0 Å². The SMILES string of the molecule is N=C=S.O=S(=O)(O)c1ccccc1C=Cc1ccccc1S(=O)(=O)O. The maximum atomic E-state index is 11.3. The highest BCUT2D eigenvalue weighted by atomic mass is 32.2. The fourth-order valence-electron chi connectivity index (χ4n) is 1.89. The Labute approximate surface area is 150 Å². The van der Waals surface area contributed by atoms with Gasteiger partial charge in [0.05, 0.1) is 5.16 Å². The molecule has 0 fully saturated rings. The molecule has 2 rings (SSSR count). The van der Waals surface area contributed by atoms with E-state index in [-0.39, 0.29) is 20.9 Å². The molecule has 0 radical (unpaired) electrons. The van der Waals surface area contributed by atoms with Crippen LogP contribution in [0.15, 0.2) is 58.3 Å². The maximum absolute atomic E-state index is 11.3. The monoisotopic (exact) mass is 399 g/mol. The summed E-state index contributed by atoms with van der Waals surface area (Å²) >= 11 is 3.81. The Balaban J connectivity index is 0.000000970. The van der Waals surface area contributed by atoms with Crippen molar-refractivity contribution in [2.75, 3.05) is 0 Å². The standard InChI is InChI=1S/C14H12O6S2.CHNS/c15-21(16,17)13-7-3-1-5-11(13)9-10-12-6-2-4-8-14(12)22(18,19)20;2-1-3/h1-10H,(H,15,16,17)(H,18,19,20);2H. The third-order valence-corrected chi connectivity index (χ3v) is 4.69. The topological polar surface area (TPSA) is 133 Å². The van der Waals surface area contributed by atoms with Crippen molar-refractivity contribution in [1.29, 1.82) is 5.41 Å². The first kappa shape index (κ1) is 20.8. The van der Waals surface area contributed by atoms with E-state index in [1.807, 2.05) is 0 Å². The second-order valence-electron chi connectivity index (χ2n) is 4.46. The molecule has 0 bridgehead atoms. The summed E-state index contributed by atoms with van der Waals surface area (Å²) in [4.78, 5) is -0.592. The molecule has 0 aliphatic heterocycles. The minimum absolute atomic E-state index is 0.190. The van der Waals surface area contributed by atoms with Gasteiger partial charge in [-0.2, -0.15) is 16.8 Å². The lowest BCUT2D eigenvalue weighted by molar-refractivity contribution is 0.480. The largest absolute Gasteiger partial charge is 0.295 e. The first-order valence-electron chi connectivity index (χ1n) is 6.46. The van der Waals surface area contributed by atoms with Crippen LogP contribution in [0.25, 0.3) is 12.2 Å². The number of thiocarbonyl (C=S) groups is 1. The second kappa shape index (κ2) is 8.77. The number of benzene rings is 2. The summed E-state index contributed by atoms with van der Waals surface area (Å²) in [6.45, 7) is 0. The van der Waals surface area contributed by atoms with Crippen molar-refractivity contribution in [1.82, 2.24) is 0 Å². The zero-order chi connectivity index (χ0) is 19.1. The molecule has 0 aromatic heterocycles. The molecule has 2 aromatic rings. The molecule has 0 unspecified atom stereocenters. The van der Waals surface area contributed by atoms with E-state index in [1.165, 1.54) is 48.6 Å². The van der Waals surface area contributed by atoms with E-state index in [4.69, 9.17) is 14.5 Å². The quantitative estimate of drug-likeness (QED) is 0.311. The molecule has 0 amide bonds. The van der Waals surface area contributed by atoms with E-state index >= 15 is 0 Å². The summed E-state index contributed by atoms with van der Waals surface area (Å²) in [6, 6.07) is 11.4. The second-order valence-corrected chi connectivity index (χ2v) is 7.45. The van der Waals surface area contributed by atoms with Gasteiger partial charge < -0.3 is 0 Å². The molecule has 0 spiro atoms. The zero-order valence-corrected chi connectivity index (χ0v) is 15.0. The van der Waals surface area contributed by atoms with E-state index in [9.17, 15) is 16.8 Å². The van der Waals surface area contributed by atoms with Gasteiger partial charge in [0.25, 0.3) is 20.2 Å². The van der Waals surface area contributed by atoms with Crippen LogP contribution in [0.5, 0.6) is 0 Å². The molecule has 0 atom stereocenters. The van der Waals surface area contributed by atoms with Gasteiger partial charge in [-0.15, -0.1) is 0 Å². The van der Waals surface area contributed by atoms with Gasteiger partial charge in [-0.25, -0.2) is 5.41 Å². The van der Waals surface area contributed by atoms with E-state index in [0.717, 1.165) is 0 Å². The van der Waals surface area contributed by atoms with Crippen LogP contribution in [0, 0.1) is 5.41 Å². The molecular formula is C15H13NO6S3. The highest BCUT2D eigenvalue weighted by Crippen LogP contribution is 2.21. The Hall–Kier alpha value is -2.20. The van der Waals surface area contributed by atoms with E-state index < -0.39 is 20.2 Å². The third-order valence-electron chi connectivity index (χ3n) is 2.84. The number of rotatable bonds is 4. The summed E-state index contributed by atoms with van der Waals surface area (Å²) < 4.78 is 63.4. The smallest absolute Gasteiger partial charge is 0.282 e. The average Bonchev–Trinajstić information content (AvgIpc) is 2.52. The van der Waals surface area contributed by atoms with Crippen molar-refractivity contribution >= 4 is 49.8 Å². The van der Waals surface area contributed by atoms with Crippen LogP contribution in [-0.2, 0) is 20.2 Å². The number of hydrogen-bond donors (Lipinski definition) is 3. The van der Waals surface area contributed by atoms with Gasteiger partial charge in [-0.3, -0.25) is 9.11 Å². The molecular weight excluding hydrogens is 386 g/mol. The third kappa shape index (κ3) is 6.31. The van der Waals surface area contributed by atoms with Crippen molar-refractivity contribution in [2.24, 2.45) is 0 Å². The highest BCUT2D eigenvalue weighted by Gasteiger charge is 2.14. The molecule has 132 valence electrons. The average molecular weight is 399 g/mol. The van der Waals surface area contributed by atoms with E-state index in [1.54, 1.807) is 17.3 Å². The number of nitrogens with one attached hydrogen (secondary N) is 1. The molecule has 2 aromatic carbocycles. The molecule has 0 heterocycles. The predicted octanol–water partition coefficient (Wildman–Crippen LogP) is 3.02. The number of hydrogen-bond acceptors (Lipinski definition) is 6. The van der Waals surface area contributed by atoms with E-state index in [0.29, 0.717) is 0 Å². The van der Waals surface area contributed by atoms with Gasteiger partial charge in [0.15, 0.2) is 0 Å². The van der Waals surface area contributed by atoms with Crippen molar-refractivity contribution in [3.63, 3.8) is 0 Å². The lowest BCUT2D eigenvalue weighted by Crippen LogP contribution is -2.01. The lowest BCUT2D eigenvalue weighted by atomic mass is 10.1. The Bertz CT molecular complexity index is 943. The Kier molecular flexibility index (Phi) is 7.31. The lowest BCUT2D eigenvalue weighted by Gasteiger charge is -2.04. The molecule has 0 saturated heterocycles. The Morgan fingerprint density at radius 3 is 1.36 bits per heavy atom. The first-order chi connectivity index (χ1) is 11.6.